The van der Waals surface area contributed by atoms with E-state index in [1.54, 1.807) is 14.0 Å². The number of fused-ring (bicyclic) bond motifs is 1. The van der Waals surface area contributed by atoms with Crippen LogP contribution in [0.1, 0.15) is 51.5 Å². The monoisotopic (exact) mass is 394 g/mol. The molecule has 2 aromatic carbocycles. The van der Waals surface area contributed by atoms with Gasteiger partial charge in [-0.05, 0) is 54.2 Å². The zero-order valence-corrected chi connectivity index (χ0v) is 18.2. The molecule has 0 bridgehead atoms. The van der Waals surface area contributed by atoms with E-state index in [1.807, 2.05) is 18.2 Å². The Morgan fingerprint density at radius 1 is 1.10 bits per heavy atom. The van der Waals surface area contributed by atoms with Gasteiger partial charge in [0.15, 0.2) is 6.79 Å². The van der Waals surface area contributed by atoms with E-state index in [1.165, 1.54) is 5.56 Å². The predicted molar refractivity (Wildman–Crippen MR) is 117 cm³/mol. The first-order chi connectivity index (χ1) is 13.7. The van der Waals surface area contributed by atoms with Gasteiger partial charge in [0, 0.05) is 23.6 Å². The van der Waals surface area contributed by atoms with Crippen LogP contribution >= 0.6 is 0 Å². The fraction of sp³-hybridized carbons (Fsp3) is 0.400. The highest BCUT2D eigenvalue weighted by atomic mass is 16.7. The maximum atomic E-state index is 11.4. The Hall–Kier alpha value is -2.59. The summed E-state index contributed by atoms with van der Waals surface area (Å²) in [6.45, 7) is 10.5. The van der Waals surface area contributed by atoms with Gasteiger partial charge in [-0.15, -0.1) is 0 Å². The summed E-state index contributed by atoms with van der Waals surface area (Å²) in [5.74, 6) is 1.63. The number of ketones is 1. The summed E-state index contributed by atoms with van der Waals surface area (Å²) in [7, 11) is 1.63. The topological polar surface area (TPSA) is 48.7 Å². The van der Waals surface area contributed by atoms with Crippen LogP contribution < -0.4 is 4.74 Å². The van der Waals surface area contributed by atoms with Crippen LogP contribution in [0.15, 0.2) is 40.8 Å². The zero-order chi connectivity index (χ0) is 21.2. The van der Waals surface area contributed by atoms with Crippen LogP contribution in [0.25, 0.3) is 22.1 Å². The summed E-state index contributed by atoms with van der Waals surface area (Å²) in [5, 5.41) is 0.982. The van der Waals surface area contributed by atoms with Gasteiger partial charge in [0.1, 0.15) is 22.9 Å². The van der Waals surface area contributed by atoms with E-state index in [0.717, 1.165) is 39.8 Å². The van der Waals surface area contributed by atoms with Crippen molar-refractivity contribution in [3.8, 4) is 16.9 Å². The third-order valence-electron chi connectivity index (χ3n) is 4.99. The first kappa shape index (κ1) is 21.1. The number of furan rings is 1. The lowest BCUT2D eigenvalue weighted by atomic mass is 9.82. The molecular weight excluding hydrogens is 364 g/mol. The van der Waals surface area contributed by atoms with Crippen LogP contribution in [0.5, 0.6) is 5.75 Å². The van der Waals surface area contributed by atoms with Crippen molar-refractivity contribution in [1.29, 1.82) is 0 Å². The van der Waals surface area contributed by atoms with Gasteiger partial charge >= 0.3 is 0 Å². The van der Waals surface area contributed by atoms with Crippen molar-refractivity contribution in [3.63, 3.8) is 0 Å². The highest BCUT2D eigenvalue weighted by Crippen LogP contribution is 2.41. The molecule has 0 aliphatic heterocycles. The van der Waals surface area contributed by atoms with Crippen LogP contribution in [0.3, 0.4) is 0 Å². The van der Waals surface area contributed by atoms with Gasteiger partial charge in [0.25, 0.3) is 0 Å². The number of Topliss-reactive ketones (excluding diaryl/α,β-unsaturated/α-hetero) is 1. The summed E-state index contributed by atoms with van der Waals surface area (Å²) >= 11 is 0. The van der Waals surface area contributed by atoms with Gasteiger partial charge in [-0.25, -0.2) is 0 Å². The molecule has 0 aliphatic carbocycles. The largest absolute Gasteiger partial charge is 0.467 e. The molecule has 29 heavy (non-hydrogen) atoms. The van der Waals surface area contributed by atoms with Crippen LogP contribution in [-0.2, 0) is 27.8 Å². The molecule has 0 atom stereocenters. The minimum absolute atomic E-state index is 0.0720. The van der Waals surface area contributed by atoms with Crippen molar-refractivity contribution in [2.45, 2.75) is 52.9 Å². The zero-order valence-electron chi connectivity index (χ0n) is 18.2. The van der Waals surface area contributed by atoms with Gasteiger partial charge < -0.3 is 13.9 Å². The third-order valence-corrected chi connectivity index (χ3v) is 4.99. The van der Waals surface area contributed by atoms with E-state index in [-0.39, 0.29) is 18.0 Å². The highest BCUT2D eigenvalue weighted by molar-refractivity contribution is 5.87. The fourth-order valence-corrected chi connectivity index (χ4v) is 3.54. The Bertz CT molecular complexity index is 1020. The fourth-order valence-electron chi connectivity index (χ4n) is 3.54. The maximum absolute atomic E-state index is 11.4. The molecule has 0 saturated heterocycles. The second-order valence-electron chi connectivity index (χ2n) is 8.52. The van der Waals surface area contributed by atoms with Crippen LogP contribution in [-0.4, -0.2) is 19.7 Å². The molecule has 0 radical (unpaired) electrons. The molecule has 1 heterocycles. The molecule has 3 aromatic rings. The Morgan fingerprint density at radius 2 is 1.86 bits per heavy atom. The van der Waals surface area contributed by atoms with Crippen LogP contribution in [0.2, 0.25) is 0 Å². The SMILES string of the molecule is CCc1cc(-c2ccc3oc(CC(C)=O)cc3c2)c(OCOC)c(C(C)(C)C)c1. The minimum atomic E-state index is -0.0720. The molecule has 4 nitrogen and oxygen atoms in total. The molecule has 1 aromatic heterocycles. The molecule has 4 heteroatoms. The van der Waals surface area contributed by atoms with Gasteiger partial charge in [0.2, 0.25) is 0 Å². The van der Waals surface area contributed by atoms with Crippen molar-refractivity contribution < 1.29 is 18.7 Å². The summed E-state index contributed by atoms with van der Waals surface area (Å²) < 4.78 is 17.1. The quantitative estimate of drug-likeness (QED) is 0.456. The van der Waals surface area contributed by atoms with Gasteiger partial charge in [-0.3, -0.25) is 4.79 Å². The second kappa shape index (κ2) is 8.42. The van der Waals surface area contributed by atoms with E-state index in [9.17, 15) is 4.79 Å². The summed E-state index contributed by atoms with van der Waals surface area (Å²) in [4.78, 5) is 11.4. The minimum Gasteiger partial charge on any atom is -0.467 e. The van der Waals surface area contributed by atoms with Gasteiger partial charge in [-0.2, -0.15) is 0 Å². The molecule has 3 rings (SSSR count). The number of rotatable bonds is 7. The maximum Gasteiger partial charge on any atom is 0.188 e. The first-order valence-corrected chi connectivity index (χ1v) is 10.0. The van der Waals surface area contributed by atoms with Crippen molar-refractivity contribution in [2.24, 2.45) is 0 Å². The van der Waals surface area contributed by atoms with Crippen molar-refractivity contribution in [2.75, 3.05) is 13.9 Å². The van der Waals surface area contributed by atoms with Crippen molar-refractivity contribution in [1.82, 2.24) is 0 Å². The molecule has 0 saturated carbocycles. The number of aryl methyl sites for hydroxylation is 1. The smallest absolute Gasteiger partial charge is 0.188 e. The molecular formula is C25H30O4. The normalized spacial score (nSPS) is 11.8. The molecule has 0 N–H and O–H groups in total. The number of hydrogen-bond acceptors (Lipinski definition) is 4. The van der Waals surface area contributed by atoms with Gasteiger partial charge in [0.05, 0.1) is 6.42 Å². The van der Waals surface area contributed by atoms with E-state index in [0.29, 0.717) is 12.2 Å². The highest BCUT2D eigenvalue weighted by Gasteiger charge is 2.24. The molecule has 0 spiro atoms. The Balaban J connectivity index is 2.18. The number of hydrogen-bond donors (Lipinski definition) is 0. The number of carbonyl (C=O) groups excluding carboxylic acids is 1. The summed E-state index contributed by atoms with van der Waals surface area (Å²) in [5.41, 5.74) is 5.24. The summed E-state index contributed by atoms with van der Waals surface area (Å²) in [6.07, 6.45) is 1.25. The van der Waals surface area contributed by atoms with Crippen molar-refractivity contribution in [3.05, 3.63) is 53.3 Å². The second-order valence-corrected chi connectivity index (χ2v) is 8.52. The lowest BCUT2D eigenvalue weighted by Crippen LogP contribution is -2.15. The lowest BCUT2D eigenvalue weighted by molar-refractivity contribution is -0.116. The lowest BCUT2D eigenvalue weighted by Gasteiger charge is -2.26. The van der Waals surface area contributed by atoms with Gasteiger partial charge in [-0.1, -0.05) is 39.8 Å². The van der Waals surface area contributed by atoms with E-state index < -0.39 is 0 Å². The molecule has 0 amide bonds. The summed E-state index contributed by atoms with van der Waals surface area (Å²) in [6, 6.07) is 12.5. The standard InChI is InChI=1S/C25H30O4/c1-7-17-11-21(24(28-15-27-6)22(12-17)25(3,4)5)18-8-9-23-19(13-18)14-20(29-23)10-16(2)26/h8-9,11-14H,7,10,15H2,1-6H3. The van der Waals surface area contributed by atoms with E-state index >= 15 is 0 Å². The Morgan fingerprint density at radius 3 is 2.48 bits per heavy atom. The number of methoxy groups -OCH3 is 1. The van der Waals surface area contributed by atoms with E-state index in [4.69, 9.17) is 13.9 Å². The first-order valence-electron chi connectivity index (χ1n) is 10.0. The third kappa shape index (κ3) is 4.70. The van der Waals surface area contributed by atoms with E-state index in [2.05, 4.69) is 45.9 Å². The number of benzene rings is 2. The Kier molecular flexibility index (Phi) is 6.13. The average molecular weight is 395 g/mol. The number of carbonyl (C=O) groups is 1. The molecule has 0 unspecified atom stereocenters. The average Bonchev–Trinajstić information content (AvgIpc) is 3.05. The molecule has 0 aliphatic rings. The molecule has 0 fully saturated rings. The number of ether oxygens (including phenoxy) is 2. The Labute approximate surface area is 172 Å². The van der Waals surface area contributed by atoms with Crippen molar-refractivity contribution >= 4 is 16.8 Å². The molecule has 154 valence electrons. The van der Waals surface area contributed by atoms with Crippen LogP contribution in [0, 0.1) is 0 Å². The predicted octanol–water partition coefficient (Wildman–Crippen LogP) is 6.07. The van der Waals surface area contributed by atoms with Crippen LogP contribution in [0.4, 0.5) is 0 Å².